The minimum atomic E-state index is -4.49. The van der Waals surface area contributed by atoms with Crippen LogP contribution in [-0.4, -0.2) is 126 Å². The normalized spacial score (nSPS) is 28.3. The number of allylic oxidation sites excluding steroid dienone is 1. The predicted molar refractivity (Wildman–Crippen MR) is 225 cm³/mol. The molecule has 15 nitrogen and oxygen atoms in total. The molecule has 0 unspecified atom stereocenters. The van der Waals surface area contributed by atoms with Crippen molar-refractivity contribution in [3.63, 3.8) is 0 Å². The molecule has 3 N–H and O–H groups in total. The van der Waals surface area contributed by atoms with Crippen molar-refractivity contribution in [2.75, 3.05) is 38.8 Å². The van der Waals surface area contributed by atoms with Crippen LogP contribution >= 0.6 is 0 Å². The minimum Gasteiger partial charge on any atom is -0.497 e. The van der Waals surface area contributed by atoms with Gasteiger partial charge in [-0.05, 0) is 101 Å². The van der Waals surface area contributed by atoms with Crippen LogP contribution in [0.5, 0.6) is 11.6 Å². The number of ether oxygens (including phenoxy) is 2. The summed E-state index contributed by atoms with van der Waals surface area (Å²) in [6, 6.07) is 3.97. The molecule has 2 aromatic rings. The molecule has 1 aromatic carbocycles. The van der Waals surface area contributed by atoms with Gasteiger partial charge in [-0.3, -0.25) is 24.0 Å². The molecule has 7 atom stereocenters. The number of rotatable bonds is 12. The van der Waals surface area contributed by atoms with Crippen molar-refractivity contribution >= 4 is 50.4 Å². The lowest BCUT2D eigenvalue weighted by Gasteiger charge is -2.47. The molecule has 6 rings (SSSR count). The Morgan fingerprint density at radius 2 is 1.82 bits per heavy atom. The van der Waals surface area contributed by atoms with E-state index in [9.17, 15) is 32.3 Å². The molecule has 0 bridgehead atoms. The lowest BCUT2D eigenvalue weighted by molar-refractivity contribution is -0.156. The third-order valence-corrected chi connectivity index (χ3v) is 15.6. The van der Waals surface area contributed by atoms with Gasteiger partial charge in [0, 0.05) is 38.2 Å². The molecule has 19 heteroatoms. The van der Waals surface area contributed by atoms with E-state index in [0.29, 0.717) is 53.5 Å². The number of carbonyl (C=O) groups is 4. The Labute approximate surface area is 360 Å². The summed E-state index contributed by atoms with van der Waals surface area (Å²) in [6.07, 6.45) is 1.90. The first-order valence-electron chi connectivity index (χ1n) is 21.1. The zero-order valence-electron chi connectivity index (χ0n) is 36.5. The van der Waals surface area contributed by atoms with Crippen LogP contribution in [0, 0.1) is 17.8 Å². The number of sulfonamides is 1. The van der Waals surface area contributed by atoms with E-state index in [0.717, 1.165) is 18.7 Å². The molecule has 0 radical (unpaired) electrons. The fourth-order valence-corrected chi connectivity index (χ4v) is 10.2. The number of anilines is 1. The summed E-state index contributed by atoms with van der Waals surface area (Å²) in [4.78, 5) is 65.5. The second-order valence-electron chi connectivity index (χ2n) is 18.3. The van der Waals surface area contributed by atoms with Gasteiger partial charge in [-0.25, -0.2) is 26.4 Å². The average Bonchev–Trinajstić information content (AvgIpc) is 4.11. The lowest BCUT2D eigenvalue weighted by Crippen LogP contribution is -2.66. The number of alkyl halides is 3. The number of carboxylic acid groups (broad SMARTS) is 1. The molecule has 1 saturated heterocycles. The maximum absolute atomic E-state index is 15.5. The van der Waals surface area contributed by atoms with E-state index in [1.807, 2.05) is 36.6 Å². The Bertz CT molecular complexity index is 2220. The number of pyridine rings is 1. The summed E-state index contributed by atoms with van der Waals surface area (Å²) in [7, 11) is -1.12. The van der Waals surface area contributed by atoms with Crippen LogP contribution in [0.15, 0.2) is 36.4 Å². The van der Waals surface area contributed by atoms with Crippen LogP contribution in [0.25, 0.3) is 10.8 Å². The first-order chi connectivity index (χ1) is 29.0. The number of halogens is 3. The summed E-state index contributed by atoms with van der Waals surface area (Å²) in [5.74, 6) is -6.82. The molecule has 4 amide bonds. The summed E-state index contributed by atoms with van der Waals surface area (Å²) >= 11 is 0. The van der Waals surface area contributed by atoms with Gasteiger partial charge in [-0.2, -0.15) is 4.98 Å². The van der Waals surface area contributed by atoms with Crippen LogP contribution in [-0.2, 0) is 24.4 Å². The minimum absolute atomic E-state index is 0.00129. The number of nitrogens with zero attached hydrogens (tertiary/aromatic N) is 4. The fraction of sp³-hybridized carbons (Fsp3) is 0.651. The van der Waals surface area contributed by atoms with Gasteiger partial charge in [0.2, 0.25) is 27.7 Å². The maximum Gasteiger partial charge on any atom is 0.408 e. The van der Waals surface area contributed by atoms with Gasteiger partial charge in [0.15, 0.2) is 0 Å². The number of carbonyl (C=O) groups excluding carboxylic acids is 3. The van der Waals surface area contributed by atoms with E-state index in [-0.39, 0.29) is 50.4 Å². The van der Waals surface area contributed by atoms with Gasteiger partial charge in [-0.1, -0.05) is 26.0 Å². The van der Waals surface area contributed by atoms with E-state index in [2.05, 4.69) is 5.32 Å². The molecule has 0 spiro atoms. The first kappa shape index (κ1) is 46.7. The molecule has 2 aliphatic carbocycles. The predicted octanol–water partition coefficient (Wildman–Crippen LogP) is 5.67. The highest BCUT2D eigenvalue weighted by Gasteiger charge is 2.64. The molecule has 2 saturated carbocycles. The number of fused-ring (bicyclic) bond motifs is 3. The molecular weight excluding hydrogens is 834 g/mol. The zero-order chi connectivity index (χ0) is 45.7. The molecule has 2 aliphatic heterocycles. The number of hydrogen-bond donors (Lipinski definition) is 3. The summed E-state index contributed by atoms with van der Waals surface area (Å²) in [5.41, 5.74) is -4.20. The van der Waals surface area contributed by atoms with Crippen molar-refractivity contribution in [2.24, 2.45) is 17.8 Å². The number of amides is 4. The van der Waals surface area contributed by atoms with Crippen LogP contribution in [0.3, 0.4) is 0 Å². The average molecular weight is 893 g/mol. The standard InChI is InChI=1S/C43H59F3N6O9S/c1-9-50(7)33-20-27-19-29(60-8)14-15-31(27)36(47-33)61-30-21-32-35(53)48-43(38(55)49-62(58,59)42(24-44)16-17-42)22-28(43)13-11-10-12-25(2)18-26(3)34(37(54)51(32)23-30)52(39(56)57)40(4,5)41(6,45)46/h11,13-15,19-20,25-26,28,30,32,34H,9-10,12,16-18,21-24H2,1-8H3,(H,48,53)(H,49,55)(H,56,57)/b13-11-/t25-,26-,28-,30-,32+,34+,43-/m1/s1. The van der Waals surface area contributed by atoms with Gasteiger partial charge in [0.25, 0.3) is 11.8 Å². The molecular formula is C43H59F3N6O9S. The van der Waals surface area contributed by atoms with E-state index < -0.39 is 92.3 Å². The number of hydrogen-bond acceptors (Lipinski definition) is 10. The third kappa shape index (κ3) is 8.74. The zero-order valence-corrected chi connectivity index (χ0v) is 37.4. The molecule has 3 heterocycles. The van der Waals surface area contributed by atoms with Crippen LogP contribution in [0.4, 0.5) is 23.8 Å². The maximum atomic E-state index is 15.5. The van der Waals surface area contributed by atoms with Crippen LogP contribution in [0.1, 0.15) is 86.5 Å². The van der Waals surface area contributed by atoms with Crippen molar-refractivity contribution in [3.05, 3.63) is 36.4 Å². The van der Waals surface area contributed by atoms with Gasteiger partial charge in [0.1, 0.15) is 52.3 Å². The molecule has 1 aromatic heterocycles. The Morgan fingerprint density at radius 3 is 2.42 bits per heavy atom. The Kier molecular flexibility index (Phi) is 12.8. The Morgan fingerprint density at radius 1 is 1.13 bits per heavy atom. The quantitative estimate of drug-likeness (QED) is 0.223. The summed E-state index contributed by atoms with van der Waals surface area (Å²) in [6.45, 7) is 7.24. The van der Waals surface area contributed by atoms with Gasteiger partial charge >= 0.3 is 6.09 Å². The van der Waals surface area contributed by atoms with Crippen molar-refractivity contribution in [1.82, 2.24) is 24.8 Å². The molecule has 4 aliphatic rings. The van der Waals surface area contributed by atoms with Crippen LogP contribution in [0.2, 0.25) is 0 Å². The van der Waals surface area contributed by atoms with E-state index >= 15 is 13.6 Å². The van der Waals surface area contributed by atoms with Crippen LogP contribution < -0.4 is 24.4 Å². The highest BCUT2D eigenvalue weighted by Crippen LogP contribution is 2.48. The smallest absolute Gasteiger partial charge is 0.408 e. The third-order valence-electron chi connectivity index (χ3n) is 13.5. The van der Waals surface area contributed by atoms with Gasteiger partial charge in [-0.15, -0.1) is 0 Å². The Hall–Kier alpha value is -4.81. The van der Waals surface area contributed by atoms with Gasteiger partial charge < -0.3 is 29.7 Å². The fourth-order valence-electron chi connectivity index (χ4n) is 8.74. The second-order valence-corrected chi connectivity index (χ2v) is 20.3. The largest absolute Gasteiger partial charge is 0.497 e. The van der Waals surface area contributed by atoms with Crippen molar-refractivity contribution in [1.29, 1.82) is 0 Å². The lowest BCUT2D eigenvalue weighted by atomic mass is 9.84. The SMILES string of the molecule is CCN(C)c1cc2cc(OC)ccc2c(O[C@@H]2C[C@H]3C(=O)N[C@]4(C(=O)NS(=O)(=O)C5(CF)CC5)C[C@H]4/C=C\CC[C@@H](C)C[C@@H](C)[C@H](N(C(=O)O)C(C)(C)C(C)(F)F)C(=O)N3C2)n1. The topological polar surface area (TPSA) is 188 Å². The summed E-state index contributed by atoms with van der Waals surface area (Å²) < 4.78 is 83.7. The summed E-state index contributed by atoms with van der Waals surface area (Å²) in [5, 5.41) is 14.7. The number of methoxy groups -OCH3 is 1. The molecule has 3 fully saturated rings. The number of nitrogens with one attached hydrogen (secondary N) is 2. The monoisotopic (exact) mass is 892 g/mol. The van der Waals surface area contributed by atoms with E-state index in [4.69, 9.17) is 14.5 Å². The van der Waals surface area contributed by atoms with Crippen molar-refractivity contribution < 1.29 is 55.3 Å². The second kappa shape index (κ2) is 17.1. The van der Waals surface area contributed by atoms with Crippen molar-refractivity contribution in [3.8, 4) is 11.6 Å². The Balaban J connectivity index is 1.45. The van der Waals surface area contributed by atoms with E-state index in [1.165, 1.54) is 7.11 Å². The molecule has 342 valence electrons. The van der Waals surface area contributed by atoms with Crippen molar-refractivity contribution in [2.45, 2.75) is 126 Å². The highest BCUT2D eigenvalue weighted by atomic mass is 32.2. The first-order valence-corrected chi connectivity index (χ1v) is 22.6. The van der Waals surface area contributed by atoms with E-state index in [1.54, 1.807) is 37.3 Å². The molecule has 62 heavy (non-hydrogen) atoms. The number of benzene rings is 1. The number of aromatic nitrogens is 1. The van der Waals surface area contributed by atoms with Gasteiger partial charge in [0.05, 0.1) is 13.7 Å². The highest BCUT2D eigenvalue weighted by molar-refractivity contribution is 7.91.